The van der Waals surface area contributed by atoms with Gasteiger partial charge in [0.15, 0.2) is 0 Å². The Kier molecular flexibility index (Phi) is 7.90. The molecule has 0 saturated carbocycles. The van der Waals surface area contributed by atoms with Crippen LogP contribution in [0.1, 0.15) is 17.8 Å². The number of sulfonamides is 1. The summed E-state index contributed by atoms with van der Waals surface area (Å²) in [6.45, 7) is 0.230. The van der Waals surface area contributed by atoms with E-state index < -0.39 is 10.0 Å². The van der Waals surface area contributed by atoms with Crippen molar-refractivity contribution in [3.63, 3.8) is 0 Å². The maximum atomic E-state index is 12.4. The fourth-order valence-corrected chi connectivity index (χ4v) is 4.25. The minimum absolute atomic E-state index is 0.122. The second-order valence-electron chi connectivity index (χ2n) is 7.93. The molecule has 0 saturated heterocycles. The molecule has 11 heteroatoms. The topological polar surface area (TPSA) is 123 Å². The van der Waals surface area contributed by atoms with Crippen molar-refractivity contribution in [2.45, 2.75) is 24.3 Å². The lowest BCUT2D eigenvalue weighted by Gasteiger charge is -2.10. The van der Waals surface area contributed by atoms with Gasteiger partial charge in [-0.25, -0.2) is 17.7 Å². The fourth-order valence-electron chi connectivity index (χ4n) is 3.32. The van der Waals surface area contributed by atoms with Crippen molar-refractivity contribution in [3.8, 4) is 5.75 Å². The Labute approximate surface area is 199 Å². The fraction of sp³-hybridized carbons (Fsp3) is 0.348. The first-order valence-electron chi connectivity index (χ1n) is 10.7. The van der Waals surface area contributed by atoms with Gasteiger partial charge in [0.2, 0.25) is 21.8 Å². The quantitative estimate of drug-likeness (QED) is 0.443. The average molecular weight is 488 g/mol. The minimum Gasteiger partial charge on any atom is -0.497 e. The van der Waals surface area contributed by atoms with Crippen molar-refractivity contribution >= 4 is 32.9 Å². The monoisotopic (exact) mass is 487 g/mol. The van der Waals surface area contributed by atoms with Gasteiger partial charge in [-0.05, 0) is 35.9 Å². The number of carbonyl (C=O) groups excluding carboxylic acids is 2. The van der Waals surface area contributed by atoms with Crippen molar-refractivity contribution < 1.29 is 22.7 Å². The van der Waals surface area contributed by atoms with Crippen LogP contribution in [0.2, 0.25) is 0 Å². The highest BCUT2D eigenvalue weighted by atomic mass is 32.2. The number of nitrogens with one attached hydrogen (secondary N) is 2. The largest absolute Gasteiger partial charge is 0.497 e. The predicted octanol–water partition coefficient (Wildman–Crippen LogP) is 1.20. The highest BCUT2D eigenvalue weighted by Gasteiger charge is 2.19. The Morgan fingerprint density at radius 2 is 1.76 bits per heavy atom. The lowest BCUT2D eigenvalue weighted by molar-refractivity contribution is -0.126. The molecule has 0 atom stereocenters. The maximum absolute atomic E-state index is 12.4. The summed E-state index contributed by atoms with van der Waals surface area (Å²) in [5, 5.41) is 5.36. The summed E-state index contributed by atoms with van der Waals surface area (Å²) in [6, 6.07) is 12.1. The summed E-state index contributed by atoms with van der Waals surface area (Å²) in [6.07, 6.45) is 0.492. The lowest BCUT2D eigenvalue weighted by atomic mass is 10.2. The second kappa shape index (κ2) is 10.7. The van der Waals surface area contributed by atoms with Crippen molar-refractivity contribution in [1.82, 2.24) is 24.5 Å². The second-order valence-corrected chi connectivity index (χ2v) is 10.1. The van der Waals surface area contributed by atoms with Crippen molar-refractivity contribution in [1.29, 1.82) is 0 Å². The lowest BCUT2D eigenvalue weighted by Crippen LogP contribution is -2.36. The van der Waals surface area contributed by atoms with Gasteiger partial charge in [-0.3, -0.25) is 9.59 Å². The van der Waals surface area contributed by atoms with Gasteiger partial charge in [0.25, 0.3) is 0 Å². The molecule has 0 radical (unpaired) electrons. The van der Waals surface area contributed by atoms with Crippen LogP contribution >= 0.6 is 0 Å². The summed E-state index contributed by atoms with van der Waals surface area (Å²) in [5.41, 5.74) is 2.23. The van der Waals surface area contributed by atoms with E-state index in [1.165, 1.54) is 20.2 Å². The molecule has 10 nitrogen and oxygen atoms in total. The van der Waals surface area contributed by atoms with E-state index >= 15 is 0 Å². The predicted molar refractivity (Wildman–Crippen MR) is 128 cm³/mol. The summed E-state index contributed by atoms with van der Waals surface area (Å²) >= 11 is 0. The van der Waals surface area contributed by atoms with Crippen LogP contribution in [-0.2, 0) is 39.6 Å². The molecule has 182 valence electrons. The van der Waals surface area contributed by atoms with Crippen LogP contribution in [0.4, 0.5) is 0 Å². The Morgan fingerprint density at radius 1 is 1.06 bits per heavy atom. The number of carbonyl (C=O) groups is 2. The van der Waals surface area contributed by atoms with Crippen LogP contribution < -0.4 is 15.4 Å². The molecule has 1 aromatic heterocycles. The number of aromatic nitrogens is 2. The third kappa shape index (κ3) is 5.91. The van der Waals surface area contributed by atoms with Gasteiger partial charge in [-0.15, -0.1) is 0 Å². The average Bonchev–Trinajstić information content (AvgIpc) is 3.15. The standard InChI is InChI=1S/C23H29N5O5S/c1-27(2)34(31,32)18-9-10-20-19(13-18)26-21(28(20)3)11-12-22(29)25-15-23(30)24-14-16-5-7-17(33-4)8-6-16/h5-10,13H,11-12,14-15H2,1-4H3,(H,24,30)(H,25,29). The van der Waals surface area contributed by atoms with E-state index in [1.807, 2.05) is 35.9 Å². The van der Waals surface area contributed by atoms with E-state index in [4.69, 9.17) is 4.74 Å². The molecule has 2 aromatic carbocycles. The van der Waals surface area contributed by atoms with Crippen LogP contribution in [0.5, 0.6) is 5.75 Å². The molecule has 0 bridgehead atoms. The van der Waals surface area contributed by atoms with Crippen molar-refractivity contribution in [3.05, 3.63) is 53.9 Å². The molecule has 1 heterocycles. The Hall–Kier alpha value is -3.44. The molecule has 0 aliphatic heterocycles. The van der Waals surface area contributed by atoms with Gasteiger partial charge in [0.1, 0.15) is 11.6 Å². The molecule has 0 spiro atoms. The third-order valence-corrected chi connectivity index (χ3v) is 7.21. The van der Waals surface area contributed by atoms with Crippen LogP contribution in [0.25, 0.3) is 11.0 Å². The van der Waals surface area contributed by atoms with Crippen LogP contribution in [0, 0.1) is 0 Å². The van der Waals surface area contributed by atoms with Crippen molar-refractivity contribution in [2.24, 2.45) is 7.05 Å². The number of nitrogens with zero attached hydrogens (tertiary/aromatic N) is 3. The SMILES string of the molecule is COc1ccc(CNC(=O)CNC(=O)CCc2nc3cc(S(=O)(=O)N(C)C)ccc3n2C)cc1. The molecule has 0 aliphatic rings. The summed E-state index contributed by atoms with van der Waals surface area (Å²) in [5.74, 6) is 0.819. The number of fused-ring (bicyclic) bond motifs is 1. The van der Waals surface area contributed by atoms with E-state index in [1.54, 1.807) is 19.2 Å². The zero-order valence-electron chi connectivity index (χ0n) is 19.7. The molecule has 3 rings (SSSR count). The smallest absolute Gasteiger partial charge is 0.242 e. The molecule has 0 aliphatic carbocycles. The zero-order chi connectivity index (χ0) is 24.9. The first-order chi connectivity index (χ1) is 16.1. The van der Waals surface area contributed by atoms with Gasteiger partial charge < -0.3 is 19.9 Å². The molecular formula is C23H29N5O5S. The Balaban J connectivity index is 1.51. The normalized spacial score (nSPS) is 11.6. The van der Waals surface area contributed by atoms with Gasteiger partial charge in [0.05, 0.1) is 29.6 Å². The minimum atomic E-state index is -3.56. The van der Waals surface area contributed by atoms with Crippen LogP contribution in [0.15, 0.2) is 47.4 Å². The van der Waals surface area contributed by atoms with Crippen molar-refractivity contribution in [2.75, 3.05) is 27.7 Å². The summed E-state index contributed by atoms with van der Waals surface area (Å²) < 4.78 is 32.8. The number of aryl methyl sites for hydroxylation is 2. The number of hydrogen-bond acceptors (Lipinski definition) is 6. The Bertz CT molecular complexity index is 1280. The molecule has 0 unspecified atom stereocenters. The number of amides is 2. The highest BCUT2D eigenvalue weighted by Crippen LogP contribution is 2.21. The number of methoxy groups -OCH3 is 1. The molecule has 2 amide bonds. The number of benzene rings is 2. The van der Waals surface area contributed by atoms with E-state index in [9.17, 15) is 18.0 Å². The molecule has 3 aromatic rings. The number of rotatable bonds is 10. The first-order valence-corrected chi connectivity index (χ1v) is 12.1. The highest BCUT2D eigenvalue weighted by molar-refractivity contribution is 7.89. The zero-order valence-corrected chi connectivity index (χ0v) is 20.5. The van der Waals surface area contributed by atoms with Gasteiger partial charge in [0, 0.05) is 40.5 Å². The van der Waals surface area contributed by atoms with Gasteiger partial charge in [-0.1, -0.05) is 12.1 Å². The first kappa shape index (κ1) is 25.2. The molecular weight excluding hydrogens is 458 g/mol. The number of imidazole rings is 1. The molecule has 2 N–H and O–H groups in total. The van der Waals surface area contributed by atoms with Crippen LogP contribution in [-0.4, -0.2) is 61.8 Å². The summed E-state index contributed by atoms with van der Waals surface area (Å²) in [7, 11) is 2.79. The maximum Gasteiger partial charge on any atom is 0.242 e. The van der Waals surface area contributed by atoms with E-state index in [0.29, 0.717) is 24.3 Å². The van der Waals surface area contributed by atoms with Crippen LogP contribution in [0.3, 0.4) is 0 Å². The van der Waals surface area contributed by atoms with Gasteiger partial charge in [-0.2, -0.15) is 0 Å². The van der Waals surface area contributed by atoms with E-state index in [-0.39, 0.29) is 29.7 Å². The molecule has 0 fully saturated rings. The number of ether oxygens (including phenoxy) is 1. The van der Waals surface area contributed by atoms with E-state index in [2.05, 4.69) is 15.6 Å². The number of hydrogen-bond donors (Lipinski definition) is 2. The third-order valence-electron chi connectivity index (χ3n) is 5.39. The van der Waals surface area contributed by atoms with Gasteiger partial charge >= 0.3 is 0 Å². The Morgan fingerprint density at radius 3 is 2.41 bits per heavy atom. The molecule has 34 heavy (non-hydrogen) atoms. The summed E-state index contributed by atoms with van der Waals surface area (Å²) in [4.78, 5) is 28.9. The van der Waals surface area contributed by atoms with E-state index in [0.717, 1.165) is 21.1 Å².